The average molecular weight is 245 g/mol. The van der Waals surface area contributed by atoms with E-state index in [1.807, 2.05) is 30.3 Å². The van der Waals surface area contributed by atoms with Crippen molar-refractivity contribution >= 4 is 0 Å². The van der Waals surface area contributed by atoms with Crippen LogP contribution in [0.4, 0.5) is 13.2 Å². The third kappa shape index (κ3) is 2.98. The molecule has 1 heterocycles. The van der Waals surface area contributed by atoms with Crippen LogP contribution in [0.25, 0.3) is 0 Å². The summed E-state index contributed by atoms with van der Waals surface area (Å²) < 4.78 is 37.6. The Morgan fingerprint density at radius 2 is 1.82 bits per heavy atom. The van der Waals surface area contributed by atoms with E-state index in [9.17, 15) is 18.3 Å². The highest BCUT2D eigenvalue weighted by Crippen LogP contribution is 2.34. The van der Waals surface area contributed by atoms with Crippen molar-refractivity contribution in [3.05, 3.63) is 35.9 Å². The maximum atomic E-state index is 12.5. The van der Waals surface area contributed by atoms with Crippen LogP contribution in [-0.2, 0) is 6.54 Å². The maximum Gasteiger partial charge on any atom is 0.395 e. The molecule has 0 radical (unpaired) electrons. The number of β-amino-alcohol motifs (C(OH)–C–C–N with tert-alkyl or cyclic N) is 1. The van der Waals surface area contributed by atoms with Crippen molar-refractivity contribution in [1.29, 1.82) is 0 Å². The summed E-state index contributed by atoms with van der Waals surface area (Å²) >= 11 is 0. The first-order valence-corrected chi connectivity index (χ1v) is 5.48. The van der Waals surface area contributed by atoms with Crippen LogP contribution in [0.2, 0.25) is 0 Å². The maximum absolute atomic E-state index is 12.5. The number of alkyl halides is 3. The molecule has 2 atom stereocenters. The lowest BCUT2D eigenvalue weighted by Gasteiger charge is -2.17. The highest BCUT2D eigenvalue weighted by atomic mass is 19.4. The molecule has 1 N–H and O–H groups in total. The largest absolute Gasteiger partial charge is 0.395 e. The summed E-state index contributed by atoms with van der Waals surface area (Å²) in [5, 5.41) is 9.41. The first-order chi connectivity index (χ1) is 7.97. The van der Waals surface area contributed by atoms with E-state index in [1.54, 1.807) is 4.90 Å². The van der Waals surface area contributed by atoms with E-state index >= 15 is 0 Å². The van der Waals surface area contributed by atoms with E-state index in [4.69, 9.17) is 0 Å². The lowest BCUT2D eigenvalue weighted by atomic mass is 10.1. The number of rotatable bonds is 2. The Balaban J connectivity index is 1.98. The molecule has 1 aliphatic rings. The second kappa shape index (κ2) is 4.66. The Morgan fingerprint density at radius 3 is 2.35 bits per heavy atom. The number of benzene rings is 1. The third-order valence-electron chi connectivity index (χ3n) is 3.03. The average Bonchev–Trinajstić information content (AvgIpc) is 2.60. The SMILES string of the molecule is OC1CN(Cc2ccccc2)CC1C(F)(F)F. The fraction of sp³-hybridized carbons (Fsp3) is 0.500. The van der Waals surface area contributed by atoms with Gasteiger partial charge in [0, 0.05) is 19.6 Å². The third-order valence-corrected chi connectivity index (χ3v) is 3.03. The lowest BCUT2D eigenvalue weighted by Crippen LogP contribution is -2.32. The number of hydrogen-bond donors (Lipinski definition) is 1. The summed E-state index contributed by atoms with van der Waals surface area (Å²) in [6.45, 7) is 0.406. The van der Waals surface area contributed by atoms with Gasteiger partial charge in [-0.1, -0.05) is 30.3 Å². The predicted molar refractivity (Wildman–Crippen MR) is 57.3 cm³/mol. The standard InChI is InChI=1S/C12H14F3NO/c13-12(14,15)10-7-16(8-11(10)17)6-9-4-2-1-3-5-9/h1-5,10-11,17H,6-8H2. The quantitative estimate of drug-likeness (QED) is 0.862. The van der Waals surface area contributed by atoms with Gasteiger partial charge < -0.3 is 5.11 Å². The van der Waals surface area contributed by atoms with Crippen molar-refractivity contribution in [3.63, 3.8) is 0 Å². The zero-order valence-electron chi connectivity index (χ0n) is 9.19. The van der Waals surface area contributed by atoms with Crippen LogP contribution in [-0.4, -0.2) is 35.4 Å². The van der Waals surface area contributed by atoms with Crippen LogP contribution < -0.4 is 0 Å². The van der Waals surface area contributed by atoms with Gasteiger partial charge in [-0.15, -0.1) is 0 Å². The van der Waals surface area contributed by atoms with Crippen LogP contribution in [0.5, 0.6) is 0 Å². The summed E-state index contributed by atoms with van der Waals surface area (Å²) in [7, 11) is 0. The van der Waals surface area contributed by atoms with Crippen molar-refractivity contribution in [2.24, 2.45) is 5.92 Å². The van der Waals surface area contributed by atoms with Gasteiger partial charge in [-0.2, -0.15) is 13.2 Å². The molecule has 0 saturated carbocycles. The molecule has 0 amide bonds. The van der Waals surface area contributed by atoms with Gasteiger partial charge in [-0.25, -0.2) is 0 Å². The van der Waals surface area contributed by atoms with Crippen LogP contribution in [0.15, 0.2) is 30.3 Å². The Labute approximate surface area is 97.7 Å². The van der Waals surface area contributed by atoms with Crippen molar-refractivity contribution in [3.8, 4) is 0 Å². The molecule has 1 fully saturated rings. The summed E-state index contributed by atoms with van der Waals surface area (Å²) in [6.07, 6.45) is -5.62. The molecule has 1 aromatic carbocycles. The molecule has 5 heteroatoms. The second-order valence-corrected chi connectivity index (χ2v) is 4.40. The second-order valence-electron chi connectivity index (χ2n) is 4.40. The monoisotopic (exact) mass is 245 g/mol. The molecule has 2 nitrogen and oxygen atoms in total. The van der Waals surface area contributed by atoms with Crippen molar-refractivity contribution < 1.29 is 18.3 Å². The van der Waals surface area contributed by atoms with E-state index < -0.39 is 18.2 Å². The predicted octanol–water partition coefficient (Wildman–Crippen LogP) is 2.04. The number of halogens is 3. The summed E-state index contributed by atoms with van der Waals surface area (Å²) in [6, 6.07) is 9.30. The van der Waals surface area contributed by atoms with Crippen molar-refractivity contribution in [2.45, 2.75) is 18.8 Å². The highest BCUT2D eigenvalue weighted by Gasteiger charge is 2.49. The molecule has 2 rings (SSSR count). The number of nitrogens with zero attached hydrogens (tertiary/aromatic N) is 1. The molecule has 94 valence electrons. The van der Waals surface area contributed by atoms with Crippen molar-refractivity contribution in [1.82, 2.24) is 4.90 Å². The van der Waals surface area contributed by atoms with Gasteiger partial charge in [0.2, 0.25) is 0 Å². The minimum Gasteiger partial charge on any atom is -0.391 e. The Morgan fingerprint density at radius 1 is 1.18 bits per heavy atom. The first-order valence-electron chi connectivity index (χ1n) is 5.48. The summed E-state index contributed by atoms with van der Waals surface area (Å²) in [5.41, 5.74) is 0.961. The molecule has 0 spiro atoms. The molecule has 0 bridgehead atoms. The van der Waals surface area contributed by atoms with Crippen LogP contribution in [0, 0.1) is 5.92 Å². The van der Waals surface area contributed by atoms with E-state index in [2.05, 4.69) is 0 Å². The van der Waals surface area contributed by atoms with Gasteiger partial charge in [0.25, 0.3) is 0 Å². The fourth-order valence-corrected chi connectivity index (χ4v) is 2.16. The molecule has 1 aliphatic heterocycles. The summed E-state index contributed by atoms with van der Waals surface area (Å²) in [4.78, 5) is 1.64. The molecule has 0 aliphatic carbocycles. The van der Waals surface area contributed by atoms with Crippen LogP contribution >= 0.6 is 0 Å². The van der Waals surface area contributed by atoms with Gasteiger partial charge in [0.15, 0.2) is 0 Å². The number of aliphatic hydroxyl groups excluding tert-OH is 1. The molecule has 0 aromatic heterocycles. The van der Waals surface area contributed by atoms with Crippen LogP contribution in [0.3, 0.4) is 0 Å². The topological polar surface area (TPSA) is 23.5 Å². The van der Waals surface area contributed by atoms with Gasteiger partial charge >= 0.3 is 6.18 Å². The fourth-order valence-electron chi connectivity index (χ4n) is 2.16. The molecule has 1 aromatic rings. The Bertz CT molecular complexity index is 366. The van der Waals surface area contributed by atoms with Gasteiger partial charge in [0.05, 0.1) is 12.0 Å². The molecule has 1 saturated heterocycles. The number of aliphatic hydroxyl groups is 1. The van der Waals surface area contributed by atoms with Crippen molar-refractivity contribution in [2.75, 3.05) is 13.1 Å². The molecule has 2 unspecified atom stereocenters. The molecular formula is C12H14F3NO. The minimum absolute atomic E-state index is 0.0824. The number of hydrogen-bond acceptors (Lipinski definition) is 2. The normalized spacial score (nSPS) is 26.4. The zero-order valence-corrected chi connectivity index (χ0v) is 9.19. The Kier molecular flexibility index (Phi) is 3.40. The smallest absolute Gasteiger partial charge is 0.391 e. The molecular weight excluding hydrogens is 231 g/mol. The highest BCUT2D eigenvalue weighted by molar-refractivity contribution is 5.14. The van der Waals surface area contributed by atoms with Gasteiger partial charge in [-0.3, -0.25) is 4.90 Å². The number of likely N-dealkylation sites (tertiary alicyclic amines) is 1. The van der Waals surface area contributed by atoms with E-state index in [0.717, 1.165) is 5.56 Å². The first kappa shape index (κ1) is 12.4. The zero-order chi connectivity index (χ0) is 12.5. The van der Waals surface area contributed by atoms with Gasteiger partial charge in [0.1, 0.15) is 0 Å². The van der Waals surface area contributed by atoms with Gasteiger partial charge in [-0.05, 0) is 5.56 Å². The minimum atomic E-state index is -4.31. The van der Waals surface area contributed by atoms with E-state index in [-0.39, 0.29) is 13.1 Å². The van der Waals surface area contributed by atoms with E-state index in [1.165, 1.54) is 0 Å². The lowest BCUT2D eigenvalue weighted by molar-refractivity contribution is -0.188. The Hall–Kier alpha value is -1.07. The molecule has 17 heavy (non-hydrogen) atoms. The van der Waals surface area contributed by atoms with E-state index in [0.29, 0.717) is 6.54 Å². The van der Waals surface area contributed by atoms with Crippen LogP contribution in [0.1, 0.15) is 5.56 Å². The summed E-state index contributed by atoms with van der Waals surface area (Å²) in [5.74, 6) is -1.62.